The number of fused-ring (bicyclic) bond motifs is 1. The van der Waals surface area contributed by atoms with Gasteiger partial charge in [-0.15, -0.1) is 0 Å². The van der Waals surface area contributed by atoms with Gasteiger partial charge in [0.05, 0.1) is 54.8 Å². The molecule has 37 heavy (non-hydrogen) atoms. The first kappa shape index (κ1) is 26.3. The third-order valence-electron chi connectivity index (χ3n) is 6.57. The van der Waals surface area contributed by atoms with E-state index in [2.05, 4.69) is 20.2 Å². The summed E-state index contributed by atoms with van der Waals surface area (Å²) in [5.41, 5.74) is 1.66. The third kappa shape index (κ3) is 6.14. The molecule has 1 amide bonds. The Kier molecular flexibility index (Phi) is 8.17. The highest BCUT2D eigenvalue weighted by atomic mass is 16.5. The molecule has 2 aromatic heterocycles. The molecule has 0 radical (unpaired) electrons. The molecule has 1 fully saturated rings. The summed E-state index contributed by atoms with van der Waals surface area (Å²) in [5.74, 6) is -1.40. The molecule has 1 aliphatic heterocycles. The molecule has 0 aliphatic carbocycles. The van der Waals surface area contributed by atoms with Crippen molar-refractivity contribution in [2.45, 2.75) is 51.7 Å². The number of ether oxygens (including phenoxy) is 1. The summed E-state index contributed by atoms with van der Waals surface area (Å²) in [5, 5.41) is 12.9. The van der Waals surface area contributed by atoms with Crippen LogP contribution in [0.4, 0.5) is 5.69 Å². The molecule has 0 saturated carbocycles. The predicted octanol–water partition coefficient (Wildman–Crippen LogP) is 2.94. The summed E-state index contributed by atoms with van der Waals surface area (Å²) >= 11 is 0. The van der Waals surface area contributed by atoms with E-state index in [4.69, 9.17) is 4.74 Å². The highest BCUT2D eigenvalue weighted by Gasteiger charge is 2.28. The second-order valence-electron chi connectivity index (χ2n) is 9.87. The maximum Gasteiger partial charge on any atom is 0.305 e. The summed E-state index contributed by atoms with van der Waals surface area (Å²) in [6.45, 7) is 7.85. The van der Waals surface area contributed by atoms with Gasteiger partial charge in [-0.2, -0.15) is 0 Å². The van der Waals surface area contributed by atoms with E-state index in [0.717, 1.165) is 5.69 Å². The Morgan fingerprint density at radius 3 is 2.76 bits per heavy atom. The number of rotatable bonds is 9. The van der Waals surface area contributed by atoms with Crippen molar-refractivity contribution in [2.24, 2.45) is 5.92 Å². The number of anilines is 1. The van der Waals surface area contributed by atoms with Crippen molar-refractivity contribution in [3.8, 4) is 0 Å². The number of para-hydroxylation sites is 1. The quantitative estimate of drug-likeness (QED) is 0.453. The van der Waals surface area contributed by atoms with Gasteiger partial charge in [-0.1, -0.05) is 26.0 Å². The molecule has 0 spiro atoms. The van der Waals surface area contributed by atoms with E-state index in [9.17, 15) is 19.5 Å². The first-order valence-corrected chi connectivity index (χ1v) is 12.5. The van der Waals surface area contributed by atoms with E-state index >= 15 is 0 Å². The van der Waals surface area contributed by atoms with Crippen LogP contribution in [0.25, 0.3) is 10.9 Å². The average Bonchev–Trinajstić information content (AvgIpc) is 2.87. The van der Waals surface area contributed by atoms with Crippen molar-refractivity contribution >= 4 is 28.5 Å². The molecule has 4 rings (SSSR count). The molecule has 3 atom stereocenters. The summed E-state index contributed by atoms with van der Waals surface area (Å²) in [7, 11) is 0. The molecule has 1 aliphatic rings. The predicted molar refractivity (Wildman–Crippen MR) is 139 cm³/mol. The monoisotopic (exact) mass is 507 g/mol. The standard InChI is InChI=1S/C27H33N5O5/c1-17(2)10-24(32-16-29-22-7-5-4-6-21(22)27(32)36)26(35)30-23(12-25(33)34)19-11-20(14-28-13-19)31-8-9-37-15-18(31)3/h4-7,11,13-14,16-18,23-24H,8-10,12,15H2,1-3H3,(H,30,35)(H,33,34)/t18-,23-,24-/m0/s1. The maximum atomic E-state index is 13.6. The van der Waals surface area contributed by atoms with Gasteiger partial charge in [0.15, 0.2) is 0 Å². The Bertz CT molecular complexity index is 1320. The number of nitrogens with one attached hydrogen (secondary N) is 1. The molecule has 10 nitrogen and oxygen atoms in total. The molecular formula is C27H33N5O5. The third-order valence-corrected chi connectivity index (χ3v) is 6.57. The van der Waals surface area contributed by atoms with Crippen LogP contribution < -0.4 is 15.8 Å². The van der Waals surface area contributed by atoms with Crippen molar-refractivity contribution in [2.75, 3.05) is 24.7 Å². The van der Waals surface area contributed by atoms with Crippen LogP contribution >= 0.6 is 0 Å². The van der Waals surface area contributed by atoms with Crippen LogP contribution in [-0.2, 0) is 14.3 Å². The molecule has 196 valence electrons. The van der Waals surface area contributed by atoms with Gasteiger partial charge in [0.2, 0.25) is 5.91 Å². The van der Waals surface area contributed by atoms with Crippen molar-refractivity contribution in [3.63, 3.8) is 0 Å². The lowest BCUT2D eigenvalue weighted by molar-refractivity contribution is -0.138. The largest absolute Gasteiger partial charge is 0.481 e. The summed E-state index contributed by atoms with van der Waals surface area (Å²) < 4.78 is 6.87. The number of nitrogens with zero attached hydrogens (tertiary/aromatic N) is 4. The fraction of sp³-hybridized carbons (Fsp3) is 0.444. The van der Waals surface area contributed by atoms with Crippen LogP contribution in [0.15, 0.2) is 53.8 Å². The molecule has 0 unspecified atom stereocenters. The highest BCUT2D eigenvalue weighted by Crippen LogP contribution is 2.26. The number of pyridine rings is 1. The molecule has 3 heterocycles. The van der Waals surface area contributed by atoms with Gasteiger partial charge >= 0.3 is 5.97 Å². The van der Waals surface area contributed by atoms with Gasteiger partial charge in [0, 0.05) is 18.8 Å². The molecule has 10 heteroatoms. The first-order chi connectivity index (χ1) is 17.7. The molecule has 3 aromatic rings. The summed E-state index contributed by atoms with van der Waals surface area (Å²) in [6, 6.07) is 7.31. The lowest BCUT2D eigenvalue weighted by Crippen LogP contribution is -2.44. The van der Waals surface area contributed by atoms with Crippen LogP contribution in [0.5, 0.6) is 0 Å². The fourth-order valence-corrected chi connectivity index (χ4v) is 4.70. The van der Waals surface area contributed by atoms with Crippen LogP contribution in [-0.4, -0.2) is 57.3 Å². The molecule has 1 saturated heterocycles. The number of carbonyl (C=O) groups excluding carboxylic acids is 1. The number of aromatic nitrogens is 3. The number of aliphatic carboxylic acids is 1. The van der Waals surface area contributed by atoms with Crippen molar-refractivity contribution in [1.29, 1.82) is 0 Å². The zero-order valence-electron chi connectivity index (χ0n) is 21.3. The summed E-state index contributed by atoms with van der Waals surface area (Å²) in [6.07, 6.45) is 4.76. The number of hydrogen-bond acceptors (Lipinski definition) is 7. The van der Waals surface area contributed by atoms with E-state index in [1.807, 2.05) is 26.8 Å². The summed E-state index contributed by atoms with van der Waals surface area (Å²) in [4.78, 5) is 49.5. The SMILES string of the molecule is CC(C)C[C@@H](C(=O)N[C@@H](CC(=O)O)c1cncc(N2CCOC[C@@H]2C)c1)n1cnc2ccccc2c1=O. The molecule has 0 bridgehead atoms. The Morgan fingerprint density at radius 2 is 2.03 bits per heavy atom. The second kappa shape index (κ2) is 11.5. The number of carboxylic acid groups (broad SMARTS) is 1. The molecule has 1 aromatic carbocycles. The zero-order valence-corrected chi connectivity index (χ0v) is 21.3. The van der Waals surface area contributed by atoms with Crippen molar-refractivity contribution in [3.05, 3.63) is 65.0 Å². The first-order valence-electron chi connectivity index (χ1n) is 12.5. The second-order valence-corrected chi connectivity index (χ2v) is 9.87. The van der Waals surface area contributed by atoms with Crippen LogP contribution in [0.3, 0.4) is 0 Å². The van der Waals surface area contributed by atoms with Gasteiger partial charge in [-0.25, -0.2) is 4.98 Å². The average molecular weight is 508 g/mol. The zero-order chi connectivity index (χ0) is 26.5. The number of morpholine rings is 1. The smallest absolute Gasteiger partial charge is 0.305 e. The number of hydrogen-bond donors (Lipinski definition) is 2. The molecular weight excluding hydrogens is 474 g/mol. The maximum absolute atomic E-state index is 13.6. The topological polar surface area (TPSA) is 127 Å². The number of carboxylic acids is 1. The number of amides is 1. The van der Waals surface area contributed by atoms with Crippen LogP contribution in [0.1, 0.15) is 51.3 Å². The number of carbonyl (C=O) groups is 2. The van der Waals surface area contributed by atoms with Gasteiger partial charge in [0.25, 0.3) is 5.56 Å². The van der Waals surface area contributed by atoms with Gasteiger partial charge in [-0.05, 0) is 43.0 Å². The Hall–Kier alpha value is -3.79. The fourth-order valence-electron chi connectivity index (χ4n) is 4.70. The van der Waals surface area contributed by atoms with E-state index < -0.39 is 24.0 Å². The normalized spacial score (nSPS) is 17.5. The van der Waals surface area contributed by atoms with E-state index in [1.54, 1.807) is 36.7 Å². The van der Waals surface area contributed by atoms with Crippen molar-refractivity contribution in [1.82, 2.24) is 19.9 Å². The lowest BCUT2D eigenvalue weighted by Gasteiger charge is -2.35. The Labute approximate surface area is 215 Å². The Balaban J connectivity index is 1.66. The Morgan fingerprint density at radius 1 is 1.24 bits per heavy atom. The van der Waals surface area contributed by atoms with Gasteiger partial charge < -0.3 is 20.1 Å². The van der Waals surface area contributed by atoms with Crippen LogP contribution in [0.2, 0.25) is 0 Å². The lowest BCUT2D eigenvalue weighted by atomic mass is 10.00. The van der Waals surface area contributed by atoms with E-state index in [-0.39, 0.29) is 23.9 Å². The minimum atomic E-state index is -1.06. The highest BCUT2D eigenvalue weighted by molar-refractivity contribution is 5.83. The van der Waals surface area contributed by atoms with Gasteiger partial charge in [0.1, 0.15) is 6.04 Å². The minimum absolute atomic E-state index is 0.0971. The molecule has 2 N–H and O–H groups in total. The van der Waals surface area contributed by atoms with Crippen LogP contribution in [0, 0.1) is 5.92 Å². The minimum Gasteiger partial charge on any atom is -0.481 e. The van der Waals surface area contributed by atoms with E-state index in [0.29, 0.717) is 42.6 Å². The number of benzene rings is 1. The van der Waals surface area contributed by atoms with E-state index in [1.165, 1.54) is 10.9 Å². The van der Waals surface area contributed by atoms with Gasteiger partial charge in [-0.3, -0.25) is 23.9 Å². The van der Waals surface area contributed by atoms with Crippen molar-refractivity contribution < 1.29 is 19.4 Å².